The molecule has 13 aromatic heterocycles. The van der Waals surface area contributed by atoms with Gasteiger partial charge in [-0.1, -0.05) is 192 Å². The minimum absolute atomic E-state index is 0.711. The van der Waals surface area contributed by atoms with E-state index >= 15 is 0 Å². The summed E-state index contributed by atoms with van der Waals surface area (Å²) in [5.41, 5.74) is 10.5. The van der Waals surface area contributed by atoms with Crippen LogP contribution < -0.4 is 0 Å². The summed E-state index contributed by atoms with van der Waals surface area (Å²) in [5.74, 6) is 2.29. The fourth-order valence-corrected chi connectivity index (χ4v) is 4.76. The lowest BCUT2D eigenvalue weighted by Gasteiger charge is -1.82. The summed E-state index contributed by atoms with van der Waals surface area (Å²) in [6.45, 7) is 76.9. The van der Waals surface area contributed by atoms with Crippen molar-refractivity contribution in [3.8, 4) is 0 Å². The number of aryl methyl sites for hydroxylation is 13. The normalized spacial score (nSPS) is 7.44. The Hall–Kier alpha value is -12.0. The van der Waals surface area contributed by atoms with Crippen LogP contribution in [0.3, 0.4) is 0 Å². The molecule has 117 heavy (non-hydrogen) atoms. The molecule has 0 spiro atoms. The van der Waals surface area contributed by atoms with Crippen molar-refractivity contribution in [3.05, 3.63) is 309 Å². The zero-order valence-electron chi connectivity index (χ0n) is 79.5. The highest BCUT2D eigenvalue weighted by Gasteiger charge is 1.82. The van der Waals surface area contributed by atoms with E-state index in [1.54, 1.807) is 131 Å². The van der Waals surface area contributed by atoms with Crippen molar-refractivity contribution >= 4 is 0 Å². The maximum absolute atomic E-state index is 3.98. The molecule has 27 heteroatoms. The van der Waals surface area contributed by atoms with Crippen molar-refractivity contribution in [1.82, 2.24) is 136 Å². The zero-order chi connectivity index (χ0) is 92.5. The highest BCUT2D eigenvalue weighted by Crippen LogP contribution is 1.92. The predicted molar refractivity (Wildman–Crippen MR) is 493 cm³/mol. The number of hydrogen-bond donors (Lipinski definition) is 0. The molecular weight excluding hydrogens is 1460 g/mol. The molecule has 27 nitrogen and oxygen atoms in total. The molecule has 0 aliphatic heterocycles. The topological polar surface area (TPSA) is 348 Å². The molecule has 0 N–H and O–H groups in total. The molecular formula is C90H155N27. The highest BCUT2D eigenvalue weighted by atomic mass is 15.1. The molecule has 13 aromatic rings. The van der Waals surface area contributed by atoms with Gasteiger partial charge in [-0.3, -0.25) is 24.9 Å². The summed E-state index contributed by atoms with van der Waals surface area (Å²) in [6, 6.07) is 23.1. The quantitative estimate of drug-likeness (QED) is 0.136. The predicted octanol–water partition coefficient (Wildman–Crippen LogP) is 22.9. The lowest BCUT2D eigenvalue weighted by molar-refractivity contribution is 0.907. The van der Waals surface area contributed by atoms with Gasteiger partial charge in [0.1, 0.15) is 55.4 Å². The second kappa shape index (κ2) is 130. The first-order chi connectivity index (χ1) is 57.1. The van der Waals surface area contributed by atoms with Crippen LogP contribution in [0.2, 0.25) is 0 Å². The van der Waals surface area contributed by atoms with Gasteiger partial charge < -0.3 is 0 Å². The monoisotopic (exact) mass is 1610 g/mol. The molecule has 0 atom stereocenters. The number of nitrogens with zero attached hydrogens (tertiary/aromatic N) is 27. The standard InChI is InChI=1S/3C6H7N.6C5H6N2.4C4H5N3.13C2H6/c1-6-2-4-7-5-3-6;1-6-3-2-4-7-5-6;1-6-4-2-3-5-7-6;1-5-2-6-4-7-3-5;1-5-4-6-2-3-7-5;1-5-2-3-6-4-7-5;1-5-2-3-6-7-4-5;1-5-6-3-2-4-7-5;1-5-3-2-4-6-7-5;1-4-6-2-5-3-7-4;1-4-2-6-7-3-5-4;1-4-2-5-3-6-7-4;1-4-5-2-3-6-7-4;13*1-2/h3*2-5H,1H3;6*2-4H,1H3;4*2-3H,1H3;13*1-2H3. The maximum atomic E-state index is 3.98. The van der Waals surface area contributed by atoms with Gasteiger partial charge in [-0.2, -0.15) is 35.7 Å². The molecule has 650 valence electrons. The maximum Gasteiger partial charge on any atom is 0.147 e. The highest BCUT2D eigenvalue weighted by molar-refractivity contribution is 5.06. The largest absolute Gasteiger partial charge is 0.265 e. The third-order valence-electron chi connectivity index (χ3n) is 9.15. The SMILES string of the molecule is CC.CC.CC.CC.CC.CC.CC.CC.CC.CC.CC.CC.CC.Cc1ccccn1.Cc1cccnc1.Cc1cccnn1.Cc1ccncc1.Cc1ccncn1.Cc1ccnnc1.Cc1cnccn1.Cc1cncnc1.Cc1cncnn1.Cc1cnncn1.Cc1ncccn1.Cc1nccnn1.Cc1ncncn1. The van der Waals surface area contributed by atoms with Crippen LogP contribution in [0.4, 0.5) is 0 Å². The van der Waals surface area contributed by atoms with Crippen molar-refractivity contribution in [2.75, 3.05) is 0 Å². The van der Waals surface area contributed by atoms with Crippen LogP contribution in [-0.4, -0.2) is 136 Å². The minimum Gasteiger partial charge on any atom is -0.265 e. The Morgan fingerprint density at radius 2 is 0.573 bits per heavy atom. The van der Waals surface area contributed by atoms with Crippen LogP contribution in [0.15, 0.2) is 235 Å². The van der Waals surface area contributed by atoms with Crippen LogP contribution in [-0.2, 0) is 0 Å². The lowest BCUT2D eigenvalue weighted by atomic mass is 10.3. The summed E-state index contributed by atoms with van der Waals surface area (Å²) in [4.78, 5) is 64.8. The van der Waals surface area contributed by atoms with E-state index in [0.717, 1.165) is 56.9 Å². The Morgan fingerprint density at radius 1 is 0.154 bits per heavy atom. The first-order valence-electron chi connectivity index (χ1n) is 40.5. The van der Waals surface area contributed by atoms with Gasteiger partial charge >= 0.3 is 0 Å². The van der Waals surface area contributed by atoms with Gasteiger partial charge in [-0.15, -0.1) is 15.3 Å². The van der Waals surface area contributed by atoms with Gasteiger partial charge in [-0.05, 0) is 173 Å². The van der Waals surface area contributed by atoms with Gasteiger partial charge in [0, 0.05) is 111 Å². The number of pyridine rings is 3. The molecule has 0 aromatic carbocycles. The van der Waals surface area contributed by atoms with E-state index in [1.807, 2.05) is 336 Å². The van der Waals surface area contributed by atoms with Gasteiger partial charge in [0.05, 0.1) is 47.6 Å². The summed E-state index contributed by atoms with van der Waals surface area (Å²) < 4.78 is 0. The average Bonchev–Trinajstić information content (AvgIpc) is 2.36. The van der Waals surface area contributed by atoms with Crippen LogP contribution >= 0.6 is 0 Å². The third kappa shape index (κ3) is 128. The van der Waals surface area contributed by atoms with Gasteiger partial charge in [0.15, 0.2) is 0 Å². The van der Waals surface area contributed by atoms with E-state index in [9.17, 15) is 0 Å². The van der Waals surface area contributed by atoms with E-state index < -0.39 is 0 Å². The molecule has 13 rings (SSSR count). The molecule has 0 aliphatic carbocycles. The summed E-state index contributed by atoms with van der Waals surface area (Å²) >= 11 is 0. The van der Waals surface area contributed by atoms with E-state index in [4.69, 9.17) is 0 Å². The molecule has 0 saturated carbocycles. The summed E-state index contributed by atoms with van der Waals surface area (Å²) in [7, 11) is 0. The molecule has 0 amide bonds. The van der Waals surface area contributed by atoms with E-state index in [-0.39, 0.29) is 0 Å². The molecule has 0 radical (unpaired) electrons. The number of hydrogen-bond acceptors (Lipinski definition) is 27. The second-order valence-electron chi connectivity index (χ2n) is 17.6. The van der Waals surface area contributed by atoms with Crippen molar-refractivity contribution in [2.24, 2.45) is 0 Å². The Bertz CT molecular complexity index is 2680. The zero-order valence-corrected chi connectivity index (χ0v) is 79.5. The van der Waals surface area contributed by atoms with Crippen molar-refractivity contribution in [2.45, 2.75) is 270 Å². The molecule has 13 heterocycles. The first kappa shape index (κ1) is 134. The molecule has 0 fully saturated rings. The minimum atomic E-state index is 0.711. The molecule has 0 saturated heterocycles. The van der Waals surface area contributed by atoms with Gasteiger partial charge in [0.25, 0.3) is 0 Å². The van der Waals surface area contributed by atoms with Crippen molar-refractivity contribution in [1.29, 1.82) is 0 Å². The van der Waals surface area contributed by atoms with Gasteiger partial charge in [-0.25, -0.2) is 59.8 Å². The number of aromatic nitrogens is 27. The summed E-state index contributed by atoms with van der Waals surface area (Å²) in [6.07, 6.45) is 43.1. The third-order valence-corrected chi connectivity index (χ3v) is 9.15. The molecule has 0 bridgehead atoms. The Kier molecular flexibility index (Phi) is 149. The first-order valence-corrected chi connectivity index (χ1v) is 40.5. The second-order valence-corrected chi connectivity index (χ2v) is 17.6. The number of rotatable bonds is 0. The van der Waals surface area contributed by atoms with E-state index in [1.165, 1.54) is 49.1 Å². The Morgan fingerprint density at radius 3 is 0.795 bits per heavy atom. The van der Waals surface area contributed by atoms with E-state index in [0.29, 0.717) is 5.82 Å². The van der Waals surface area contributed by atoms with Gasteiger partial charge in [0.2, 0.25) is 0 Å². The summed E-state index contributed by atoms with van der Waals surface area (Å²) in [5, 5.41) is 36.0. The fourth-order valence-electron chi connectivity index (χ4n) is 4.76. The lowest BCUT2D eigenvalue weighted by Crippen LogP contribution is -1.85. The molecule has 0 unspecified atom stereocenters. The fraction of sp³-hybridized carbons (Fsp3) is 0.433. The Balaban J connectivity index is -0.0000000889. The van der Waals surface area contributed by atoms with Crippen LogP contribution in [0.25, 0.3) is 0 Å². The average molecular weight is 1620 g/mol. The Labute approximate surface area is 710 Å². The smallest absolute Gasteiger partial charge is 0.147 e. The van der Waals surface area contributed by atoms with Crippen molar-refractivity contribution < 1.29 is 0 Å². The molecule has 0 aliphatic rings. The van der Waals surface area contributed by atoms with E-state index in [2.05, 4.69) is 136 Å². The van der Waals surface area contributed by atoms with Crippen LogP contribution in [0.5, 0.6) is 0 Å². The van der Waals surface area contributed by atoms with Crippen LogP contribution in [0, 0.1) is 90.0 Å². The van der Waals surface area contributed by atoms with Crippen molar-refractivity contribution in [3.63, 3.8) is 0 Å². The van der Waals surface area contributed by atoms with Crippen LogP contribution in [0.1, 0.15) is 254 Å².